The summed E-state index contributed by atoms with van der Waals surface area (Å²) in [6, 6.07) is 48.6. The van der Waals surface area contributed by atoms with E-state index in [1.54, 1.807) is 11.3 Å². The minimum absolute atomic E-state index is 0.854. The summed E-state index contributed by atoms with van der Waals surface area (Å²) in [5.41, 5.74) is 9.16. The fourth-order valence-electron chi connectivity index (χ4n) is 7.85. The van der Waals surface area contributed by atoms with Crippen LogP contribution in [-0.2, 0) is 6.42 Å². The van der Waals surface area contributed by atoms with Gasteiger partial charge in [0.2, 0.25) is 0 Å². The van der Waals surface area contributed by atoms with Crippen molar-refractivity contribution < 1.29 is 0 Å². The van der Waals surface area contributed by atoms with Crippen molar-refractivity contribution in [2.75, 3.05) is 4.90 Å². The molecule has 3 aromatic heterocycles. The van der Waals surface area contributed by atoms with Crippen molar-refractivity contribution in [1.29, 1.82) is 0 Å². The average molecular weight is 662 g/mol. The highest BCUT2D eigenvalue weighted by atomic mass is 32.1. The van der Waals surface area contributed by atoms with Crippen LogP contribution in [-0.4, -0.2) is 9.97 Å². The summed E-state index contributed by atoms with van der Waals surface area (Å²) in [7, 11) is 0. The van der Waals surface area contributed by atoms with Crippen LogP contribution < -0.4 is 4.90 Å². The molecule has 0 aliphatic carbocycles. The smallest absolute Gasteiger partial charge is 0.166 e. The van der Waals surface area contributed by atoms with E-state index in [1.165, 1.54) is 68.8 Å². The van der Waals surface area contributed by atoms with Crippen molar-refractivity contribution in [1.82, 2.24) is 9.97 Å². The number of rotatable bonds is 2. The van der Waals surface area contributed by atoms with E-state index in [0.29, 0.717) is 0 Å². The number of thiophene rings is 2. The maximum Gasteiger partial charge on any atom is 0.166 e. The number of anilines is 3. The summed E-state index contributed by atoms with van der Waals surface area (Å²) in [6.45, 7) is 2.13. The van der Waals surface area contributed by atoms with Crippen LogP contribution in [0.2, 0.25) is 0 Å². The third kappa shape index (κ3) is 3.94. The fourth-order valence-corrected chi connectivity index (χ4v) is 10.2. The quantitative estimate of drug-likeness (QED) is 0.185. The van der Waals surface area contributed by atoms with E-state index in [0.717, 1.165) is 44.9 Å². The number of hydrogen-bond donors (Lipinski definition) is 0. The van der Waals surface area contributed by atoms with Crippen LogP contribution in [0.1, 0.15) is 16.7 Å². The average Bonchev–Trinajstić information content (AvgIpc) is 3.70. The molecule has 0 radical (unpaired) electrons. The van der Waals surface area contributed by atoms with Gasteiger partial charge in [0.1, 0.15) is 16.0 Å². The molecule has 11 rings (SSSR count). The number of benzene rings is 7. The minimum atomic E-state index is 0.854. The van der Waals surface area contributed by atoms with Crippen molar-refractivity contribution in [3.05, 3.63) is 150 Å². The Bertz CT molecular complexity index is 2990. The van der Waals surface area contributed by atoms with Gasteiger partial charge >= 0.3 is 0 Å². The lowest BCUT2D eigenvalue weighted by atomic mass is 9.89. The predicted octanol–water partition coefficient (Wildman–Crippen LogP) is 12.9. The molecule has 0 unspecified atom stereocenters. The molecule has 3 nitrogen and oxygen atoms in total. The van der Waals surface area contributed by atoms with Crippen LogP contribution in [0.4, 0.5) is 17.2 Å². The van der Waals surface area contributed by atoms with E-state index >= 15 is 0 Å². The molecule has 1 aliphatic rings. The van der Waals surface area contributed by atoms with Crippen LogP contribution in [0.15, 0.2) is 133 Å². The molecule has 49 heavy (non-hydrogen) atoms. The van der Waals surface area contributed by atoms with Gasteiger partial charge in [-0.3, -0.25) is 4.90 Å². The third-order valence-electron chi connectivity index (χ3n) is 10.1. The third-order valence-corrected chi connectivity index (χ3v) is 12.3. The lowest BCUT2D eigenvalue weighted by Crippen LogP contribution is -2.21. The minimum Gasteiger partial charge on any atom is -0.291 e. The first-order chi connectivity index (χ1) is 24.2. The summed E-state index contributed by atoms with van der Waals surface area (Å²) < 4.78 is 3.80. The zero-order valence-corrected chi connectivity index (χ0v) is 28.2. The van der Waals surface area contributed by atoms with E-state index in [9.17, 15) is 0 Å². The van der Waals surface area contributed by atoms with Gasteiger partial charge in [-0.15, -0.1) is 22.7 Å². The molecule has 0 saturated heterocycles. The van der Waals surface area contributed by atoms with Crippen molar-refractivity contribution >= 4 is 102 Å². The Balaban J connectivity index is 1.32. The number of fused-ring (bicyclic) bond motifs is 13. The Labute approximate surface area is 290 Å². The standard InChI is InChI=1S/C44H27N3S2/c1-25-18-20-26(21-19-25)39-43(46-44-40(45-39)32-15-7-9-17-36(32)49-44)47-35-16-8-4-12-29(35)23-33-30-13-5-6-14-31(30)38-34-22-27-10-2-3-11-28(27)24-37(34)48-42(38)41(33)47/h2-22,24H,23H2,1H3. The van der Waals surface area contributed by atoms with Crippen molar-refractivity contribution in [2.24, 2.45) is 0 Å². The van der Waals surface area contributed by atoms with E-state index in [1.807, 2.05) is 11.3 Å². The lowest BCUT2D eigenvalue weighted by molar-refractivity contribution is 1.08. The van der Waals surface area contributed by atoms with Crippen LogP contribution in [0.3, 0.4) is 0 Å². The van der Waals surface area contributed by atoms with Gasteiger partial charge in [-0.25, -0.2) is 9.97 Å². The molecule has 230 valence electrons. The SMILES string of the molecule is Cc1ccc(-c2nc3c(nc2N2c4ccccc4Cc4c2c2sc5cc6ccccc6cc5c2c2ccccc42)sc2ccccc23)cc1. The molecule has 0 atom stereocenters. The van der Waals surface area contributed by atoms with Crippen molar-refractivity contribution in [3.8, 4) is 11.3 Å². The largest absolute Gasteiger partial charge is 0.291 e. The summed E-state index contributed by atoms with van der Waals surface area (Å²) in [6.07, 6.45) is 0.854. The Kier molecular flexibility index (Phi) is 5.69. The molecule has 10 aromatic rings. The summed E-state index contributed by atoms with van der Waals surface area (Å²) in [5.74, 6) is 0.871. The Hall–Kier alpha value is -5.62. The molecule has 0 amide bonds. The van der Waals surface area contributed by atoms with Gasteiger partial charge in [-0.1, -0.05) is 115 Å². The van der Waals surface area contributed by atoms with Gasteiger partial charge in [-0.2, -0.15) is 0 Å². The highest BCUT2D eigenvalue weighted by Gasteiger charge is 2.33. The van der Waals surface area contributed by atoms with E-state index < -0.39 is 0 Å². The number of aryl methyl sites for hydroxylation is 1. The summed E-state index contributed by atoms with van der Waals surface area (Å²) in [4.78, 5) is 14.5. The van der Waals surface area contributed by atoms with Gasteiger partial charge < -0.3 is 0 Å². The molecule has 1 aliphatic heterocycles. The number of aromatic nitrogens is 2. The topological polar surface area (TPSA) is 29.0 Å². The van der Waals surface area contributed by atoms with Crippen LogP contribution >= 0.6 is 22.7 Å². The molecular weight excluding hydrogens is 635 g/mol. The van der Waals surface area contributed by atoms with Crippen LogP contribution in [0, 0.1) is 6.92 Å². The van der Waals surface area contributed by atoms with Gasteiger partial charge in [0.05, 0.1) is 16.1 Å². The Morgan fingerprint density at radius 2 is 1.33 bits per heavy atom. The Morgan fingerprint density at radius 3 is 2.18 bits per heavy atom. The maximum absolute atomic E-state index is 5.60. The second-order valence-corrected chi connectivity index (χ2v) is 15.1. The zero-order valence-electron chi connectivity index (χ0n) is 26.6. The molecular formula is C44H27N3S2. The van der Waals surface area contributed by atoms with Crippen molar-refractivity contribution in [3.63, 3.8) is 0 Å². The molecule has 0 spiro atoms. The number of para-hydroxylation sites is 1. The number of nitrogens with zero attached hydrogens (tertiary/aromatic N) is 3. The first-order valence-electron chi connectivity index (χ1n) is 16.6. The second kappa shape index (κ2) is 10.2. The molecule has 7 aromatic carbocycles. The van der Waals surface area contributed by atoms with Gasteiger partial charge in [0, 0.05) is 37.5 Å². The number of hydrogen-bond acceptors (Lipinski definition) is 5. The summed E-state index contributed by atoms with van der Waals surface area (Å²) in [5, 5.41) is 8.91. The molecule has 5 heteroatoms. The van der Waals surface area contributed by atoms with E-state index in [2.05, 4.69) is 145 Å². The first-order valence-corrected chi connectivity index (χ1v) is 18.3. The zero-order chi connectivity index (χ0) is 32.2. The monoisotopic (exact) mass is 661 g/mol. The van der Waals surface area contributed by atoms with Crippen LogP contribution in [0.25, 0.3) is 73.4 Å². The molecule has 0 fully saturated rings. The van der Waals surface area contributed by atoms with Gasteiger partial charge in [0.25, 0.3) is 0 Å². The first kappa shape index (κ1) is 27.3. The van der Waals surface area contributed by atoms with Gasteiger partial charge in [0.15, 0.2) is 5.82 Å². The molecule has 0 saturated carbocycles. The Morgan fingerprint density at radius 1 is 0.612 bits per heavy atom. The van der Waals surface area contributed by atoms with Crippen LogP contribution in [0.5, 0.6) is 0 Å². The second-order valence-electron chi connectivity index (χ2n) is 13.0. The van der Waals surface area contributed by atoms with E-state index in [-0.39, 0.29) is 0 Å². The maximum atomic E-state index is 5.60. The van der Waals surface area contributed by atoms with Gasteiger partial charge in [-0.05, 0) is 63.9 Å². The van der Waals surface area contributed by atoms with Crippen molar-refractivity contribution in [2.45, 2.75) is 13.3 Å². The molecule has 4 heterocycles. The lowest BCUT2D eigenvalue weighted by Gasteiger charge is -2.34. The summed E-state index contributed by atoms with van der Waals surface area (Å²) >= 11 is 3.63. The highest BCUT2D eigenvalue weighted by Crippen LogP contribution is 2.55. The normalized spacial score (nSPS) is 12.9. The molecule has 0 N–H and O–H groups in total. The predicted molar refractivity (Wildman–Crippen MR) is 210 cm³/mol. The molecule has 0 bridgehead atoms. The highest BCUT2D eigenvalue weighted by molar-refractivity contribution is 7.26. The fraction of sp³-hybridized carbons (Fsp3) is 0.0455. The van der Waals surface area contributed by atoms with E-state index in [4.69, 9.17) is 9.97 Å².